The first-order valence-corrected chi connectivity index (χ1v) is 10.6. The molecule has 1 aromatic carbocycles. The third kappa shape index (κ3) is 3.84. The van der Waals surface area contributed by atoms with E-state index in [1.54, 1.807) is 19.1 Å². The number of fused-ring (bicyclic) bond motifs is 3. The Kier molecular flexibility index (Phi) is 6.08. The fourth-order valence-corrected chi connectivity index (χ4v) is 4.43. The fourth-order valence-electron chi connectivity index (χ4n) is 4.43. The van der Waals surface area contributed by atoms with Crippen molar-refractivity contribution in [2.75, 3.05) is 33.9 Å². The zero-order valence-electron chi connectivity index (χ0n) is 18.4. The minimum absolute atomic E-state index is 0.0291. The van der Waals surface area contributed by atoms with E-state index in [2.05, 4.69) is 10.2 Å². The molecule has 0 spiro atoms. The Labute approximate surface area is 182 Å². The van der Waals surface area contributed by atoms with Crippen LogP contribution in [0.25, 0.3) is 6.08 Å². The first-order chi connectivity index (χ1) is 14.9. The van der Waals surface area contributed by atoms with Gasteiger partial charge in [-0.2, -0.15) is 5.10 Å². The number of carbonyl (C=O) groups excluding carboxylic acids is 2. The lowest BCUT2D eigenvalue weighted by atomic mass is 10.1. The number of urea groups is 1. The largest absolute Gasteiger partial charge is 0.383 e. The number of benzene rings is 1. The Hall–Kier alpha value is -2.75. The summed E-state index contributed by atoms with van der Waals surface area (Å²) in [5, 5.41) is 10.1. The van der Waals surface area contributed by atoms with Gasteiger partial charge in [0.1, 0.15) is 12.2 Å². The molecule has 0 bridgehead atoms. The van der Waals surface area contributed by atoms with Crippen LogP contribution in [0.3, 0.4) is 0 Å². The lowest BCUT2D eigenvalue weighted by Crippen LogP contribution is -2.67. The number of imide groups is 1. The molecule has 4 atom stereocenters. The summed E-state index contributed by atoms with van der Waals surface area (Å²) in [6.45, 7) is 5.35. The second-order valence-corrected chi connectivity index (χ2v) is 8.11. The van der Waals surface area contributed by atoms with Crippen molar-refractivity contribution >= 4 is 23.7 Å². The van der Waals surface area contributed by atoms with Gasteiger partial charge in [-0.15, -0.1) is 0 Å². The highest BCUT2D eigenvalue weighted by molar-refractivity contribution is 6.01. The molecule has 0 saturated carbocycles. The van der Waals surface area contributed by atoms with Crippen LogP contribution < -0.4 is 5.32 Å². The summed E-state index contributed by atoms with van der Waals surface area (Å²) in [7, 11) is 3.39. The summed E-state index contributed by atoms with van der Waals surface area (Å²) in [5.41, 5.74) is 1.95. The number of hydrogen-bond donors (Lipinski definition) is 1. The van der Waals surface area contributed by atoms with E-state index < -0.39 is 12.2 Å². The van der Waals surface area contributed by atoms with Crippen LogP contribution >= 0.6 is 0 Å². The molecular weight excluding hydrogens is 396 g/mol. The quantitative estimate of drug-likeness (QED) is 0.736. The van der Waals surface area contributed by atoms with Crippen molar-refractivity contribution in [2.45, 2.75) is 38.4 Å². The van der Waals surface area contributed by atoms with Crippen LogP contribution in [0.5, 0.6) is 0 Å². The number of methoxy groups -OCH3 is 1. The number of amides is 3. The molecule has 9 heteroatoms. The molecule has 9 nitrogen and oxygen atoms in total. The van der Waals surface area contributed by atoms with Crippen molar-refractivity contribution in [3.05, 3.63) is 42.0 Å². The topological polar surface area (TPSA) is 80.7 Å². The highest BCUT2D eigenvalue weighted by atomic mass is 16.5. The molecular formula is C22H30N6O3. The summed E-state index contributed by atoms with van der Waals surface area (Å²) in [5.74, 6) is -0.186. The third-order valence-electron chi connectivity index (χ3n) is 6.23. The van der Waals surface area contributed by atoms with Crippen LogP contribution in [0.4, 0.5) is 4.79 Å². The Morgan fingerprint density at radius 3 is 2.68 bits per heavy atom. The highest BCUT2D eigenvalue weighted by Gasteiger charge is 2.57. The number of hydrogen-bond acceptors (Lipinski definition) is 7. The van der Waals surface area contributed by atoms with E-state index in [4.69, 9.17) is 9.84 Å². The Morgan fingerprint density at radius 2 is 1.97 bits per heavy atom. The molecule has 0 aromatic heterocycles. The van der Waals surface area contributed by atoms with Crippen LogP contribution in [0.2, 0.25) is 0 Å². The van der Waals surface area contributed by atoms with E-state index in [9.17, 15) is 9.59 Å². The average molecular weight is 427 g/mol. The van der Waals surface area contributed by atoms with Crippen molar-refractivity contribution in [3.63, 3.8) is 0 Å². The Morgan fingerprint density at radius 1 is 1.23 bits per heavy atom. The lowest BCUT2D eigenvalue weighted by Gasteiger charge is -2.44. The van der Waals surface area contributed by atoms with Gasteiger partial charge >= 0.3 is 6.03 Å². The van der Waals surface area contributed by atoms with E-state index in [1.807, 2.05) is 61.3 Å². The molecule has 31 heavy (non-hydrogen) atoms. The van der Waals surface area contributed by atoms with Crippen molar-refractivity contribution in [1.82, 2.24) is 25.0 Å². The number of carbonyl (C=O) groups is 2. The highest BCUT2D eigenvalue weighted by Crippen LogP contribution is 2.32. The van der Waals surface area contributed by atoms with Crippen LogP contribution in [-0.2, 0) is 9.53 Å². The van der Waals surface area contributed by atoms with E-state index >= 15 is 0 Å². The first kappa shape index (κ1) is 21.5. The zero-order chi connectivity index (χ0) is 22.1. The molecule has 1 N–H and O–H groups in total. The second-order valence-electron chi connectivity index (χ2n) is 8.11. The molecule has 0 radical (unpaired) electrons. The minimum atomic E-state index is -0.483. The van der Waals surface area contributed by atoms with Gasteiger partial charge < -0.3 is 9.64 Å². The second kappa shape index (κ2) is 8.78. The van der Waals surface area contributed by atoms with Gasteiger partial charge in [0.15, 0.2) is 6.29 Å². The Bertz CT molecular complexity index is 888. The molecule has 4 rings (SSSR count). The van der Waals surface area contributed by atoms with Crippen LogP contribution in [0.1, 0.15) is 19.4 Å². The molecule has 2 fully saturated rings. The smallest absolute Gasteiger partial charge is 0.328 e. The molecule has 0 aliphatic carbocycles. The van der Waals surface area contributed by atoms with Gasteiger partial charge in [0.2, 0.25) is 0 Å². The van der Waals surface area contributed by atoms with E-state index in [0.29, 0.717) is 13.2 Å². The van der Waals surface area contributed by atoms with E-state index in [0.717, 1.165) is 11.3 Å². The lowest BCUT2D eigenvalue weighted by molar-refractivity contribution is -0.139. The van der Waals surface area contributed by atoms with Gasteiger partial charge in [-0.3, -0.25) is 20.0 Å². The number of nitrogens with zero attached hydrogens (tertiary/aromatic N) is 5. The molecule has 166 valence electrons. The third-order valence-corrected chi connectivity index (χ3v) is 6.23. The maximum Gasteiger partial charge on any atom is 0.328 e. The van der Waals surface area contributed by atoms with Gasteiger partial charge in [-0.1, -0.05) is 42.5 Å². The number of hydrazone groups is 1. The maximum atomic E-state index is 13.5. The van der Waals surface area contributed by atoms with Gasteiger partial charge in [-0.25, -0.2) is 9.69 Å². The normalized spacial score (nSPS) is 28.9. The van der Waals surface area contributed by atoms with Crippen molar-refractivity contribution < 1.29 is 14.3 Å². The average Bonchev–Trinajstić information content (AvgIpc) is 3.18. The van der Waals surface area contributed by atoms with Crippen LogP contribution in [0, 0.1) is 0 Å². The van der Waals surface area contributed by atoms with Crippen molar-refractivity contribution in [3.8, 4) is 0 Å². The molecule has 3 amide bonds. The fraction of sp³-hybridized carbons (Fsp3) is 0.500. The SMILES string of the molecule is COCCN1N=C(C)C(C)N2C3C(=O)N(C/C=C/c4ccccc4)C(=O)N(C)C3NC12. The number of ether oxygens (including phenoxy) is 1. The summed E-state index contributed by atoms with van der Waals surface area (Å²) in [4.78, 5) is 31.6. The predicted molar refractivity (Wildman–Crippen MR) is 118 cm³/mol. The van der Waals surface area contributed by atoms with Gasteiger partial charge in [-0.05, 0) is 19.4 Å². The van der Waals surface area contributed by atoms with E-state index in [1.165, 1.54) is 4.90 Å². The van der Waals surface area contributed by atoms with E-state index in [-0.39, 0.29) is 30.8 Å². The Balaban J connectivity index is 1.57. The minimum Gasteiger partial charge on any atom is -0.383 e. The first-order valence-electron chi connectivity index (χ1n) is 10.6. The molecule has 1 aromatic rings. The molecule has 4 unspecified atom stereocenters. The summed E-state index contributed by atoms with van der Waals surface area (Å²) in [6.07, 6.45) is 3.10. The summed E-state index contributed by atoms with van der Waals surface area (Å²) >= 11 is 0. The zero-order valence-corrected chi connectivity index (χ0v) is 18.4. The van der Waals surface area contributed by atoms with Crippen LogP contribution in [-0.4, -0.2) is 95.8 Å². The molecule has 3 aliphatic heterocycles. The summed E-state index contributed by atoms with van der Waals surface area (Å²) < 4.78 is 5.23. The van der Waals surface area contributed by atoms with Gasteiger partial charge in [0.25, 0.3) is 5.91 Å². The predicted octanol–water partition coefficient (Wildman–Crippen LogP) is 1.20. The number of rotatable bonds is 6. The number of nitrogens with one attached hydrogen (secondary N) is 1. The van der Waals surface area contributed by atoms with Crippen LogP contribution in [0.15, 0.2) is 41.5 Å². The molecule has 3 aliphatic rings. The standard InChI is InChI=1S/C22H30N6O3/c1-15-16(2)28-18-19(23-21(28)27(24-15)13-14-31-4)25(3)22(30)26(20(18)29)12-8-11-17-9-6-5-7-10-17/h5-11,16,18-19,21,23H,12-14H2,1-4H3/b11-8+. The molecule has 2 saturated heterocycles. The van der Waals surface area contributed by atoms with Crippen molar-refractivity contribution in [2.24, 2.45) is 5.10 Å². The van der Waals surface area contributed by atoms with Crippen molar-refractivity contribution in [1.29, 1.82) is 0 Å². The van der Waals surface area contributed by atoms with Gasteiger partial charge in [0.05, 0.1) is 24.9 Å². The maximum absolute atomic E-state index is 13.5. The summed E-state index contributed by atoms with van der Waals surface area (Å²) in [6, 6.07) is 9.01. The number of likely N-dealkylation sites (N-methyl/N-ethyl adjacent to an activating group) is 1. The molecule has 3 heterocycles. The van der Waals surface area contributed by atoms with Gasteiger partial charge in [0, 0.05) is 20.7 Å². The monoisotopic (exact) mass is 426 g/mol.